The molecule has 0 bridgehead atoms. The summed E-state index contributed by atoms with van der Waals surface area (Å²) in [4.78, 5) is 0.187. The number of nitriles is 1. The van der Waals surface area contributed by atoms with E-state index in [1.165, 1.54) is 12.1 Å². The predicted molar refractivity (Wildman–Crippen MR) is 105 cm³/mol. The van der Waals surface area contributed by atoms with Gasteiger partial charge in [0.1, 0.15) is 11.8 Å². The van der Waals surface area contributed by atoms with E-state index in [4.69, 9.17) is 5.26 Å². The first-order valence-corrected chi connectivity index (χ1v) is 9.71. The number of phenolic OH excluding ortho intramolecular Hbond substituents is 1. The van der Waals surface area contributed by atoms with Crippen molar-refractivity contribution in [2.75, 3.05) is 4.72 Å². The lowest BCUT2D eigenvalue weighted by atomic mass is 10.0. The summed E-state index contributed by atoms with van der Waals surface area (Å²) in [6.07, 6.45) is 0. The van der Waals surface area contributed by atoms with Gasteiger partial charge in [0.25, 0.3) is 10.0 Å². The highest BCUT2D eigenvalue weighted by molar-refractivity contribution is 7.92. The molecule has 0 fully saturated rings. The van der Waals surface area contributed by atoms with E-state index in [2.05, 4.69) is 4.72 Å². The van der Waals surface area contributed by atoms with E-state index in [1.807, 2.05) is 26.0 Å². The largest absolute Gasteiger partial charge is 0.507 e. The van der Waals surface area contributed by atoms with Gasteiger partial charge in [-0.2, -0.15) is 5.26 Å². The number of aromatic hydroxyl groups is 1. The Morgan fingerprint density at radius 3 is 2.22 bits per heavy atom. The van der Waals surface area contributed by atoms with Crippen molar-refractivity contribution < 1.29 is 13.5 Å². The second-order valence-electron chi connectivity index (χ2n) is 6.35. The van der Waals surface area contributed by atoms with Crippen LogP contribution in [0.2, 0.25) is 0 Å². The second kappa shape index (κ2) is 7.14. The summed E-state index contributed by atoms with van der Waals surface area (Å²) < 4.78 is 27.8. The zero-order valence-corrected chi connectivity index (χ0v) is 15.7. The lowest BCUT2D eigenvalue weighted by molar-refractivity contribution is 0.474. The summed E-state index contributed by atoms with van der Waals surface area (Å²) in [6, 6.07) is 18.6. The minimum atomic E-state index is -3.71. The average Bonchev–Trinajstić information content (AvgIpc) is 2.61. The molecule has 27 heavy (non-hydrogen) atoms. The Bertz CT molecular complexity index is 1150. The van der Waals surface area contributed by atoms with Gasteiger partial charge in [-0.05, 0) is 66.9 Å². The van der Waals surface area contributed by atoms with Crippen LogP contribution in [0.1, 0.15) is 16.7 Å². The number of sulfonamides is 1. The molecule has 0 radical (unpaired) electrons. The highest BCUT2D eigenvalue weighted by atomic mass is 32.2. The highest BCUT2D eigenvalue weighted by Crippen LogP contribution is 2.30. The minimum absolute atomic E-state index is 0.113. The molecule has 0 unspecified atom stereocenters. The topological polar surface area (TPSA) is 90.2 Å². The minimum Gasteiger partial charge on any atom is -0.507 e. The van der Waals surface area contributed by atoms with Gasteiger partial charge in [0.15, 0.2) is 0 Å². The first-order chi connectivity index (χ1) is 12.8. The fourth-order valence-electron chi connectivity index (χ4n) is 2.75. The van der Waals surface area contributed by atoms with Crippen LogP contribution in [0.4, 0.5) is 5.69 Å². The molecule has 3 aromatic rings. The molecule has 3 aromatic carbocycles. The normalized spacial score (nSPS) is 11.0. The van der Waals surface area contributed by atoms with Crippen LogP contribution in [0, 0.1) is 25.2 Å². The van der Waals surface area contributed by atoms with Crippen molar-refractivity contribution in [3.63, 3.8) is 0 Å². The van der Waals surface area contributed by atoms with Crippen LogP contribution >= 0.6 is 0 Å². The number of hydrogen-bond acceptors (Lipinski definition) is 4. The highest BCUT2D eigenvalue weighted by Gasteiger charge is 2.15. The number of anilines is 1. The van der Waals surface area contributed by atoms with Crippen molar-refractivity contribution >= 4 is 15.7 Å². The Balaban J connectivity index is 1.97. The molecule has 5 nitrogen and oxygen atoms in total. The summed E-state index contributed by atoms with van der Waals surface area (Å²) in [5.74, 6) is -0.113. The first-order valence-electron chi connectivity index (χ1n) is 8.23. The summed E-state index contributed by atoms with van der Waals surface area (Å²) >= 11 is 0. The lowest BCUT2D eigenvalue weighted by Crippen LogP contribution is -2.13. The van der Waals surface area contributed by atoms with Crippen LogP contribution in [0.5, 0.6) is 5.75 Å². The molecule has 6 heteroatoms. The lowest BCUT2D eigenvalue weighted by Gasteiger charge is -2.12. The average molecular weight is 378 g/mol. The Morgan fingerprint density at radius 2 is 1.59 bits per heavy atom. The van der Waals surface area contributed by atoms with Gasteiger partial charge in [-0.1, -0.05) is 29.8 Å². The van der Waals surface area contributed by atoms with Gasteiger partial charge in [0.05, 0.1) is 10.5 Å². The zero-order chi connectivity index (χ0) is 19.6. The Morgan fingerprint density at radius 1 is 0.889 bits per heavy atom. The number of aryl methyl sites for hydroxylation is 2. The quantitative estimate of drug-likeness (QED) is 0.706. The molecular formula is C21H18N2O3S. The molecule has 0 aliphatic carbocycles. The third-order valence-electron chi connectivity index (χ3n) is 4.11. The Hall–Kier alpha value is -3.30. The van der Waals surface area contributed by atoms with E-state index in [0.717, 1.165) is 16.7 Å². The van der Waals surface area contributed by atoms with Gasteiger partial charge in [-0.15, -0.1) is 0 Å². The molecule has 0 saturated heterocycles. The van der Waals surface area contributed by atoms with Crippen molar-refractivity contribution in [2.45, 2.75) is 18.7 Å². The monoisotopic (exact) mass is 378 g/mol. The molecule has 0 saturated carbocycles. The third kappa shape index (κ3) is 4.10. The van der Waals surface area contributed by atoms with Crippen LogP contribution in [0.15, 0.2) is 65.6 Å². The summed E-state index contributed by atoms with van der Waals surface area (Å²) in [6.45, 7) is 3.75. The van der Waals surface area contributed by atoms with Crippen molar-refractivity contribution in [3.05, 3.63) is 77.4 Å². The molecule has 2 N–H and O–H groups in total. The van der Waals surface area contributed by atoms with Crippen molar-refractivity contribution in [2.24, 2.45) is 0 Å². The van der Waals surface area contributed by atoms with Crippen LogP contribution in [-0.2, 0) is 10.0 Å². The van der Waals surface area contributed by atoms with Crippen LogP contribution in [0.25, 0.3) is 11.1 Å². The van der Waals surface area contributed by atoms with Crippen LogP contribution < -0.4 is 4.72 Å². The van der Waals surface area contributed by atoms with Gasteiger partial charge in [-0.25, -0.2) is 8.42 Å². The van der Waals surface area contributed by atoms with E-state index < -0.39 is 10.0 Å². The fourth-order valence-corrected chi connectivity index (χ4v) is 3.79. The molecule has 0 aliphatic rings. The van der Waals surface area contributed by atoms with E-state index in [1.54, 1.807) is 42.5 Å². The smallest absolute Gasteiger partial charge is 0.261 e. The van der Waals surface area contributed by atoms with Crippen LogP contribution in [0.3, 0.4) is 0 Å². The second-order valence-corrected chi connectivity index (χ2v) is 8.03. The van der Waals surface area contributed by atoms with E-state index in [-0.39, 0.29) is 16.2 Å². The fraction of sp³-hybridized carbons (Fsp3) is 0.0952. The van der Waals surface area contributed by atoms with E-state index in [0.29, 0.717) is 11.3 Å². The van der Waals surface area contributed by atoms with Gasteiger partial charge >= 0.3 is 0 Å². The van der Waals surface area contributed by atoms with Gasteiger partial charge in [0.2, 0.25) is 0 Å². The maximum absolute atomic E-state index is 12.6. The summed E-state index contributed by atoms with van der Waals surface area (Å²) in [7, 11) is -3.71. The number of hydrogen-bond donors (Lipinski definition) is 2. The Kier molecular flexibility index (Phi) is 4.89. The SMILES string of the molecule is Cc1ccc(S(=O)(=O)Nc2cc(C)cc(-c3ccc(C#N)c(O)c3)c2)cc1. The van der Waals surface area contributed by atoms with Crippen molar-refractivity contribution in [1.29, 1.82) is 5.26 Å². The maximum Gasteiger partial charge on any atom is 0.261 e. The standard InChI is InChI=1S/C21H18N2O3S/c1-14-3-7-20(8-4-14)27(25,26)23-19-10-15(2)9-18(11-19)16-5-6-17(13-22)21(24)12-16/h3-12,23-24H,1-2H3. The van der Waals surface area contributed by atoms with E-state index >= 15 is 0 Å². The van der Waals surface area contributed by atoms with Crippen LogP contribution in [-0.4, -0.2) is 13.5 Å². The van der Waals surface area contributed by atoms with Gasteiger partial charge < -0.3 is 5.11 Å². The van der Waals surface area contributed by atoms with Crippen molar-refractivity contribution in [1.82, 2.24) is 0 Å². The molecule has 136 valence electrons. The number of benzene rings is 3. The molecule has 0 spiro atoms. The zero-order valence-electron chi connectivity index (χ0n) is 14.9. The summed E-state index contributed by atoms with van der Waals surface area (Å²) in [5, 5.41) is 18.8. The number of phenols is 1. The molecule has 0 atom stereocenters. The van der Waals surface area contributed by atoms with E-state index in [9.17, 15) is 13.5 Å². The molecular weight excluding hydrogens is 360 g/mol. The maximum atomic E-state index is 12.6. The molecule has 0 heterocycles. The summed E-state index contributed by atoms with van der Waals surface area (Å²) in [5.41, 5.74) is 3.87. The third-order valence-corrected chi connectivity index (χ3v) is 5.51. The Labute approximate surface area is 158 Å². The number of rotatable bonds is 4. The first kappa shape index (κ1) is 18.5. The number of nitrogens with zero attached hydrogens (tertiary/aromatic N) is 1. The molecule has 0 aliphatic heterocycles. The van der Waals surface area contributed by atoms with Gasteiger partial charge in [-0.3, -0.25) is 4.72 Å². The molecule has 0 aromatic heterocycles. The number of nitrogens with one attached hydrogen (secondary N) is 1. The predicted octanol–water partition coefficient (Wildman–Crippen LogP) is 4.35. The van der Waals surface area contributed by atoms with Crippen molar-refractivity contribution in [3.8, 4) is 22.9 Å². The van der Waals surface area contributed by atoms with Gasteiger partial charge in [0, 0.05) is 5.69 Å². The molecule has 0 amide bonds. The molecule has 3 rings (SSSR count).